The third-order valence-electron chi connectivity index (χ3n) is 4.36. The average molecular weight is 530 g/mol. The molecule has 0 rings (SSSR count). The van der Waals surface area contributed by atoms with Crippen LogP contribution >= 0.6 is 15.9 Å². The molecule has 0 radical (unpaired) electrons. The van der Waals surface area contributed by atoms with Crippen molar-refractivity contribution in [1.29, 1.82) is 0 Å². The average Bonchev–Trinajstić information content (AvgIpc) is 2.64. The molecule has 0 aliphatic rings. The minimum absolute atomic E-state index is 0.191. The maximum Gasteiger partial charge on any atom is 0.501 e. The van der Waals surface area contributed by atoms with Gasteiger partial charge in [-0.25, -0.2) is 0 Å². The number of halogens is 1. The summed E-state index contributed by atoms with van der Waals surface area (Å²) in [5.74, 6) is -0.687. The Morgan fingerprint density at radius 2 is 1.42 bits per heavy atom. The lowest BCUT2D eigenvalue weighted by Gasteiger charge is -2.31. The van der Waals surface area contributed by atoms with Crippen LogP contribution in [0.5, 0.6) is 0 Å². The maximum atomic E-state index is 12.7. The van der Waals surface area contributed by atoms with E-state index in [1.165, 1.54) is 0 Å². The van der Waals surface area contributed by atoms with Crippen LogP contribution in [0.3, 0.4) is 0 Å². The van der Waals surface area contributed by atoms with Crippen LogP contribution in [-0.2, 0) is 37.1 Å². The Morgan fingerprint density at radius 3 is 1.90 bits per heavy atom. The third-order valence-corrected chi connectivity index (χ3v) is 8.12. The Bertz CT molecular complexity index is 510. The standard InChI is InChI=1S/C21H41BrO8Si/c1-8-28-31(29-9-2,30-10-3)15-11-12-27-19(24)21(6,22)17-20(4,5)16-18(23)26-14-13-25-7/h8-17H2,1-7H3. The van der Waals surface area contributed by atoms with Gasteiger partial charge in [0.1, 0.15) is 10.9 Å². The Kier molecular flexibility index (Phi) is 15.1. The van der Waals surface area contributed by atoms with Crippen molar-refractivity contribution >= 4 is 36.7 Å². The fourth-order valence-corrected chi connectivity index (χ4v) is 6.77. The van der Waals surface area contributed by atoms with Gasteiger partial charge in [-0.15, -0.1) is 0 Å². The monoisotopic (exact) mass is 528 g/mol. The van der Waals surface area contributed by atoms with Gasteiger partial charge in [-0.1, -0.05) is 29.8 Å². The van der Waals surface area contributed by atoms with Crippen LogP contribution in [0.1, 0.15) is 60.8 Å². The molecule has 31 heavy (non-hydrogen) atoms. The van der Waals surface area contributed by atoms with E-state index in [9.17, 15) is 9.59 Å². The number of rotatable bonds is 18. The van der Waals surface area contributed by atoms with Crippen LogP contribution in [-0.4, -0.2) is 71.8 Å². The molecule has 1 atom stereocenters. The Labute approximate surface area is 197 Å². The molecule has 8 nitrogen and oxygen atoms in total. The minimum atomic E-state index is -2.75. The zero-order chi connectivity index (χ0) is 24.0. The number of ether oxygens (including phenoxy) is 3. The van der Waals surface area contributed by atoms with Crippen LogP contribution in [0, 0.1) is 5.41 Å². The highest BCUT2D eigenvalue weighted by atomic mass is 79.9. The van der Waals surface area contributed by atoms with Crippen LogP contribution in [0.15, 0.2) is 0 Å². The van der Waals surface area contributed by atoms with E-state index in [0.717, 1.165) is 0 Å². The molecule has 0 N–H and O–H groups in total. The van der Waals surface area contributed by atoms with Gasteiger partial charge < -0.3 is 27.5 Å². The normalized spacial score (nSPS) is 14.2. The molecule has 0 aliphatic carbocycles. The van der Waals surface area contributed by atoms with E-state index in [2.05, 4.69) is 15.9 Å². The Balaban J connectivity index is 4.65. The summed E-state index contributed by atoms with van der Waals surface area (Å²) in [6.07, 6.45) is 1.18. The summed E-state index contributed by atoms with van der Waals surface area (Å²) in [5, 5.41) is 0. The summed E-state index contributed by atoms with van der Waals surface area (Å²) in [5.41, 5.74) is -0.456. The van der Waals surface area contributed by atoms with Crippen molar-refractivity contribution in [3.8, 4) is 0 Å². The number of carbonyl (C=O) groups excluding carboxylic acids is 2. The molecule has 0 aromatic heterocycles. The van der Waals surface area contributed by atoms with Crippen molar-refractivity contribution in [2.75, 3.05) is 46.8 Å². The Hall–Kier alpha value is -0.523. The molecular formula is C21H41BrO8Si. The number of hydrogen-bond donors (Lipinski definition) is 0. The predicted molar refractivity (Wildman–Crippen MR) is 124 cm³/mol. The van der Waals surface area contributed by atoms with Crippen molar-refractivity contribution in [2.24, 2.45) is 5.41 Å². The van der Waals surface area contributed by atoms with Gasteiger partial charge in [0.25, 0.3) is 0 Å². The van der Waals surface area contributed by atoms with Crippen LogP contribution in [0.2, 0.25) is 6.04 Å². The summed E-state index contributed by atoms with van der Waals surface area (Å²) in [6.45, 7) is 13.7. The topological polar surface area (TPSA) is 89.5 Å². The fourth-order valence-electron chi connectivity index (χ4n) is 3.32. The highest BCUT2D eigenvalue weighted by molar-refractivity contribution is 9.10. The van der Waals surface area contributed by atoms with Crippen molar-refractivity contribution in [1.82, 2.24) is 0 Å². The smallest absolute Gasteiger partial charge is 0.465 e. The van der Waals surface area contributed by atoms with E-state index in [0.29, 0.717) is 45.3 Å². The first-order chi connectivity index (χ1) is 14.5. The molecule has 0 fully saturated rings. The van der Waals surface area contributed by atoms with E-state index >= 15 is 0 Å². The molecular weight excluding hydrogens is 488 g/mol. The first kappa shape index (κ1) is 30.5. The minimum Gasteiger partial charge on any atom is -0.465 e. The first-order valence-corrected chi connectivity index (χ1v) is 13.6. The number of alkyl halides is 1. The van der Waals surface area contributed by atoms with E-state index < -0.39 is 18.5 Å². The first-order valence-electron chi connectivity index (χ1n) is 10.9. The predicted octanol–water partition coefficient (Wildman–Crippen LogP) is 4.12. The number of methoxy groups -OCH3 is 1. The van der Waals surface area contributed by atoms with E-state index in [1.54, 1.807) is 14.0 Å². The van der Waals surface area contributed by atoms with E-state index in [-0.39, 0.29) is 31.6 Å². The summed E-state index contributed by atoms with van der Waals surface area (Å²) in [7, 11) is -1.20. The summed E-state index contributed by atoms with van der Waals surface area (Å²) >= 11 is 3.49. The molecule has 0 aromatic carbocycles. The van der Waals surface area contributed by atoms with Gasteiger partial charge >= 0.3 is 20.7 Å². The molecule has 0 spiro atoms. The number of hydrogen-bond acceptors (Lipinski definition) is 8. The molecule has 0 saturated carbocycles. The van der Waals surface area contributed by atoms with Crippen molar-refractivity contribution in [3.05, 3.63) is 0 Å². The van der Waals surface area contributed by atoms with Crippen LogP contribution < -0.4 is 0 Å². The second-order valence-electron chi connectivity index (χ2n) is 8.15. The van der Waals surface area contributed by atoms with Gasteiger partial charge in [-0.05, 0) is 46.0 Å². The third kappa shape index (κ3) is 12.9. The molecule has 10 heteroatoms. The van der Waals surface area contributed by atoms with Crippen LogP contribution in [0.25, 0.3) is 0 Å². The summed E-state index contributed by atoms with van der Waals surface area (Å²) < 4.78 is 32.0. The van der Waals surface area contributed by atoms with Gasteiger partial charge in [0.15, 0.2) is 0 Å². The lowest BCUT2D eigenvalue weighted by Crippen LogP contribution is -2.46. The molecule has 0 aliphatic heterocycles. The molecule has 0 bridgehead atoms. The molecule has 1 unspecified atom stereocenters. The second-order valence-corrected chi connectivity index (χ2v) is 12.6. The molecule has 0 aromatic rings. The molecule has 184 valence electrons. The zero-order valence-electron chi connectivity index (χ0n) is 20.2. The summed E-state index contributed by atoms with van der Waals surface area (Å²) in [4.78, 5) is 24.7. The van der Waals surface area contributed by atoms with Crippen molar-refractivity contribution < 1.29 is 37.1 Å². The van der Waals surface area contributed by atoms with E-state index in [1.807, 2.05) is 34.6 Å². The lowest BCUT2D eigenvalue weighted by atomic mass is 9.80. The number of carbonyl (C=O) groups is 2. The van der Waals surface area contributed by atoms with Gasteiger partial charge in [0, 0.05) is 33.0 Å². The SMILES string of the molecule is CCO[Si](CCCOC(=O)C(C)(Br)CC(C)(C)CC(=O)OCCOC)(OCC)OCC. The maximum absolute atomic E-state index is 12.7. The van der Waals surface area contributed by atoms with Gasteiger partial charge in [0.05, 0.1) is 19.6 Å². The van der Waals surface area contributed by atoms with Gasteiger partial charge in [-0.3, -0.25) is 9.59 Å². The van der Waals surface area contributed by atoms with Crippen molar-refractivity contribution in [3.63, 3.8) is 0 Å². The summed E-state index contributed by atoms with van der Waals surface area (Å²) in [6, 6.07) is 0.577. The lowest BCUT2D eigenvalue weighted by molar-refractivity contribution is -0.150. The fraction of sp³-hybridized carbons (Fsp3) is 0.905. The Morgan fingerprint density at radius 1 is 0.871 bits per heavy atom. The van der Waals surface area contributed by atoms with Crippen molar-refractivity contribution in [2.45, 2.75) is 71.2 Å². The highest BCUT2D eigenvalue weighted by Crippen LogP contribution is 2.37. The molecule has 0 saturated heterocycles. The van der Waals surface area contributed by atoms with Gasteiger partial charge in [-0.2, -0.15) is 0 Å². The van der Waals surface area contributed by atoms with Crippen LogP contribution in [0.4, 0.5) is 0 Å². The van der Waals surface area contributed by atoms with Gasteiger partial charge in [0.2, 0.25) is 0 Å². The molecule has 0 amide bonds. The molecule has 0 heterocycles. The quantitative estimate of drug-likeness (QED) is 0.113. The second kappa shape index (κ2) is 15.3. The zero-order valence-corrected chi connectivity index (χ0v) is 22.8. The largest absolute Gasteiger partial charge is 0.501 e. The highest BCUT2D eigenvalue weighted by Gasteiger charge is 2.41. The number of esters is 2. The van der Waals surface area contributed by atoms with E-state index in [4.69, 9.17) is 27.5 Å².